The number of sulfonamides is 1. The zero-order chi connectivity index (χ0) is 17.7. The van der Waals surface area contributed by atoms with E-state index in [-0.39, 0.29) is 5.75 Å². The average molecular weight is 379 g/mol. The average Bonchev–Trinajstić information content (AvgIpc) is 3.09. The lowest BCUT2D eigenvalue weighted by Gasteiger charge is -2.14. The maximum absolute atomic E-state index is 12.2. The Kier molecular flexibility index (Phi) is 6.12. The number of hydrogen-bond donors (Lipinski definition) is 1. The fourth-order valence-corrected chi connectivity index (χ4v) is 4.25. The monoisotopic (exact) mass is 378 g/mol. The number of rotatable bonds is 7. The lowest BCUT2D eigenvalue weighted by molar-refractivity contribution is 0.331. The molecule has 3 rings (SSSR count). The number of nitrogens with one attached hydrogen (secondary N) is 1. The van der Waals surface area contributed by atoms with Crippen LogP contribution >= 0.6 is 11.6 Å². The quantitative estimate of drug-likeness (QED) is 0.801. The maximum Gasteiger partial charge on any atom is 0.216 e. The number of halogens is 1. The normalized spacial score (nSPS) is 15.6. The van der Waals surface area contributed by atoms with Crippen LogP contribution in [0.25, 0.3) is 0 Å². The molecular weight excluding hydrogens is 356 g/mol. The van der Waals surface area contributed by atoms with Crippen LogP contribution in [-0.2, 0) is 28.9 Å². The van der Waals surface area contributed by atoms with Crippen molar-refractivity contribution in [2.24, 2.45) is 0 Å². The van der Waals surface area contributed by atoms with Crippen molar-refractivity contribution in [1.82, 2.24) is 9.62 Å². The molecule has 25 heavy (non-hydrogen) atoms. The van der Waals surface area contributed by atoms with Crippen LogP contribution in [0, 0.1) is 0 Å². The summed E-state index contributed by atoms with van der Waals surface area (Å²) in [6.45, 7) is 3.63. The van der Waals surface area contributed by atoms with E-state index in [1.807, 2.05) is 12.1 Å². The Labute approximate surface area is 154 Å². The van der Waals surface area contributed by atoms with E-state index in [1.54, 1.807) is 24.3 Å². The van der Waals surface area contributed by atoms with Crippen molar-refractivity contribution in [3.8, 4) is 0 Å². The van der Waals surface area contributed by atoms with E-state index in [2.05, 4.69) is 21.8 Å². The second-order valence-electron chi connectivity index (χ2n) is 6.51. The van der Waals surface area contributed by atoms with E-state index >= 15 is 0 Å². The van der Waals surface area contributed by atoms with Crippen molar-refractivity contribution in [3.63, 3.8) is 0 Å². The summed E-state index contributed by atoms with van der Waals surface area (Å²) in [4.78, 5) is 2.45. The number of likely N-dealkylation sites (tertiary alicyclic amines) is 1. The predicted molar refractivity (Wildman–Crippen MR) is 102 cm³/mol. The Bertz CT molecular complexity index is 783. The lowest BCUT2D eigenvalue weighted by atomic mass is 10.1. The van der Waals surface area contributed by atoms with Crippen LogP contribution in [0.15, 0.2) is 48.5 Å². The Hall–Kier alpha value is -1.40. The smallest absolute Gasteiger partial charge is 0.216 e. The third-order valence-corrected chi connectivity index (χ3v) is 5.94. The minimum atomic E-state index is -3.38. The van der Waals surface area contributed by atoms with Gasteiger partial charge < -0.3 is 0 Å². The largest absolute Gasteiger partial charge is 0.299 e. The highest BCUT2D eigenvalue weighted by atomic mass is 35.5. The van der Waals surface area contributed by atoms with E-state index in [9.17, 15) is 8.42 Å². The molecule has 1 saturated heterocycles. The van der Waals surface area contributed by atoms with E-state index in [0.29, 0.717) is 11.6 Å². The molecule has 0 radical (unpaired) electrons. The molecule has 0 spiro atoms. The molecule has 2 aromatic rings. The van der Waals surface area contributed by atoms with E-state index < -0.39 is 10.0 Å². The van der Waals surface area contributed by atoms with Crippen LogP contribution < -0.4 is 4.72 Å². The molecule has 0 atom stereocenters. The Morgan fingerprint density at radius 2 is 1.44 bits per heavy atom. The molecule has 1 aliphatic rings. The van der Waals surface area contributed by atoms with Gasteiger partial charge in [-0.1, -0.05) is 48.0 Å². The number of hydrogen-bond acceptors (Lipinski definition) is 3. The van der Waals surface area contributed by atoms with Crippen molar-refractivity contribution in [2.75, 3.05) is 13.1 Å². The number of nitrogens with zero attached hydrogens (tertiary/aromatic N) is 1. The van der Waals surface area contributed by atoms with Crippen LogP contribution in [0.4, 0.5) is 0 Å². The van der Waals surface area contributed by atoms with Crippen LogP contribution in [0.5, 0.6) is 0 Å². The highest BCUT2D eigenvalue weighted by Gasteiger charge is 2.13. The van der Waals surface area contributed by atoms with Gasteiger partial charge in [0.15, 0.2) is 0 Å². The predicted octanol–water partition coefficient (Wildman–Crippen LogP) is 3.56. The van der Waals surface area contributed by atoms with E-state index in [4.69, 9.17) is 11.6 Å². The molecule has 0 bridgehead atoms. The van der Waals surface area contributed by atoms with Gasteiger partial charge >= 0.3 is 0 Å². The highest BCUT2D eigenvalue weighted by Crippen LogP contribution is 2.14. The Morgan fingerprint density at radius 3 is 2.08 bits per heavy atom. The van der Waals surface area contributed by atoms with Gasteiger partial charge in [-0.05, 0) is 54.8 Å². The molecule has 6 heteroatoms. The fourth-order valence-electron chi connectivity index (χ4n) is 3.01. The SMILES string of the molecule is O=S(=O)(Cc1ccc(Cl)cc1)NCc1ccc(CN2CCCC2)cc1. The first-order valence-electron chi connectivity index (χ1n) is 8.52. The molecule has 1 N–H and O–H groups in total. The highest BCUT2D eigenvalue weighted by molar-refractivity contribution is 7.88. The Morgan fingerprint density at radius 1 is 0.880 bits per heavy atom. The van der Waals surface area contributed by atoms with E-state index in [1.165, 1.54) is 31.5 Å². The summed E-state index contributed by atoms with van der Waals surface area (Å²) in [5, 5.41) is 0.600. The minimum Gasteiger partial charge on any atom is -0.299 e. The molecule has 1 fully saturated rings. The summed E-state index contributed by atoms with van der Waals surface area (Å²) < 4.78 is 27.1. The summed E-state index contributed by atoms with van der Waals surface area (Å²) in [6.07, 6.45) is 2.57. The molecule has 1 heterocycles. The van der Waals surface area contributed by atoms with Crippen molar-refractivity contribution < 1.29 is 8.42 Å². The molecule has 4 nitrogen and oxygen atoms in total. The van der Waals surface area contributed by atoms with E-state index in [0.717, 1.165) is 17.7 Å². The standard InChI is InChI=1S/C19H23ClN2O2S/c20-19-9-7-18(8-10-19)15-25(23,24)21-13-16-3-5-17(6-4-16)14-22-11-1-2-12-22/h3-10,21H,1-2,11-15H2. The minimum absolute atomic E-state index is 0.0444. The molecule has 0 amide bonds. The maximum atomic E-state index is 12.2. The van der Waals surface area contributed by atoms with Crippen molar-refractivity contribution >= 4 is 21.6 Å². The third-order valence-electron chi connectivity index (χ3n) is 4.39. The molecule has 0 saturated carbocycles. The first-order valence-corrected chi connectivity index (χ1v) is 10.6. The van der Waals surface area contributed by atoms with Gasteiger partial charge in [-0.25, -0.2) is 13.1 Å². The summed E-state index contributed by atoms with van der Waals surface area (Å²) >= 11 is 5.82. The van der Waals surface area contributed by atoms with Crippen LogP contribution in [0.1, 0.15) is 29.5 Å². The molecular formula is C19H23ClN2O2S. The summed E-state index contributed by atoms with van der Waals surface area (Å²) in [6, 6.07) is 15.0. The Balaban J connectivity index is 1.52. The molecule has 2 aromatic carbocycles. The third kappa shape index (κ3) is 5.82. The van der Waals surface area contributed by atoms with Gasteiger partial charge in [-0.2, -0.15) is 0 Å². The van der Waals surface area contributed by atoms with Gasteiger partial charge in [0.1, 0.15) is 0 Å². The summed E-state index contributed by atoms with van der Waals surface area (Å²) in [5.41, 5.74) is 2.96. The first-order chi connectivity index (χ1) is 12.0. The fraction of sp³-hybridized carbons (Fsp3) is 0.368. The van der Waals surface area contributed by atoms with Crippen molar-refractivity contribution in [3.05, 3.63) is 70.2 Å². The van der Waals surface area contributed by atoms with Crippen LogP contribution in [0.2, 0.25) is 5.02 Å². The lowest BCUT2D eigenvalue weighted by Crippen LogP contribution is -2.24. The van der Waals surface area contributed by atoms with Gasteiger partial charge in [0.25, 0.3) is 0 Å². The van der Waals surface area contributed by atoms with Gasteiger partial charge in [-0.15, -0.1) is 0 Å². The summed E-state index contributed by atoms with van der Waals surface area (Å²) in [5.74, 6) is -0.0444. The molecule has 0 aromatic heterocycles. The molecule has 0 aliphatic carbocycles. The summed E-state index contributed by atoms with van der Waals surface area (Å²) in [7, 11) is -3.38. The molecule has 0 unspecified atom stereocenters. The van der Waals surface area contributed by atoms with Crippen molar-refractivity contribution in [1.29, 1.82) is 0 Å². The second kappa shape index (κ2) is 8.32. The first kappa shape index (κ1) is 18.4. The zero-order valence-corrected chi connectivity index (χ0v) is 15.7. The van der Waals surface area contributed by atoms with Gasteiger partial charge in [-0.3, -0.25) is 4.90 Å². The van der Waals surface area contributed by atoms with Gasteiger partial charge in [0.2, 0.25) is 10.0 Å². The van der Waals surface area contributed by atoms with Gasteiger partial charge in [0.05, 0.1) is 5.75 Å². The van der Waals surface area contributed by atoms with Gasteiger partial charge in [0, 0.05) is 18.1 Å². The number of benzene rings is 2. The topological polar surface area (TPSA) is 49.4 Å². The zero-order valence-electron chi connectivity index (χ0n) is 14.1. The van der Waals surface area contributed by atoms with Crippen LogP contribution in [-0.4, -0.2) is 26.4 Å². The molecule has 1 aliphatic heterocycles. The van der Waals surface area contributed by atoms with Crippen LogP contribution in [0.3, 0.4) is 0 Å². The second-order valence-corrected chi connectivity index (χ2v) is 8.75. The molecule has 134 valence electrons. The van der Waals surface area contributed by atoms with Crippen molar-refractivity contribution in [2.45, 2.75) is 31.7 Å².